The molecular weight excluding hydrogens is 439 g/mol. The third kappa shape index (κ3) is 6.14. The second-order valence-corrected chi connectivity index (χ2v) is 10.4. The number of hydrogen-bond donors (Lipinski definition) is 2. The molecule has 2 atom stereocenters. The van der Waals surface area contributed by atoms with Gasteiger partial charge in [0, 0.05) is 31.2 Å². The normalized spacial score (nSPS) is 25.9. The van der Waals surface area contributed by atoms with Crippen molar-refractivity contribution in [3.8, 4) is 0 Å². The zero-order chi connectivity index (χ0) is 24.6. The molecular formula is C23H34F3N3O4. The summed E-state index contributed by atoms with van der Waals surface area (Å²) in [5, 5.41) is 5.88. The van der Waals surface area contributed by atoms with Crippen LogP contribution in [0.15, 0.2) is 23.1 Å². The maximum atomic E-state index is 13.7. The third-order valence-corrected chi connectivity index (χ3v) is 6.53. The SMILES string of the molecule is CC(C)[C@]1(C(=O)N2CCC3=C(C=C(OC(F)(F)F)CN3)C2)CC[C@@H](NC(=O)OC(C)(C)C)C1. The first-order valence-corrected chi connectivity index (χ1v) is 11.4. The van der Waals surface area contributed by atoms with E-state index in [9.17, 15) is 22.8 Å². The van der Waals surface area contributed by atoms with Gasteiger partial charge in [0.1, 0.15) is 11.4 Å². The number of amides is 2. The number of carbonyl (C=O) groups excluding carboxylic acids is 2. The minimum atomic E-state index is -4.75. The number of alkyl halides is 3. The average Bonchev–Trinajstić information content (AvgIpc) is 3.09. The Kier molecular flexibility index (Phi) is 6.96. The zero-order valence-corrected chi connectivity index (χ0v) is 19.9. The molecule has 2 amide bonds. The molecule has 0 bridgehead atoms. The Bertz CT molecular complexity index is 845. The van der Waals surface area contributed by atoms with Gasteiger partial charge >= 0.3 is 12.5 Å². The van der Waals surface area contributed by atoms with Crippen molar-refractivity contribution in [2.75, 3.05) is 19.6 Å². The topological polar surface area (TPSA) is 79.9 Å². The fraction of sp³-hybridized carbons (Fsp3) is 0.739. The summed E-state index contributed by atoms with van der Waals surface area (Å²) in [5.41, 5.74) is 0.237. The Morgan fingerprint density at radius 1 is 1.27 bits per heavy atom. The van der Waals surface area contributed by atoms with E-state index in [-0.39, 0.29) is 36.7 Å². The lowest BCUT2D eigenvalue weighted by molar-refractivity contribution is -0.305. The van der Waals surface area contributed by atoms with Gasteiger partial charge in [0.2, 0.25) is 5.91 Å². The highest BCUT2D eigenvalue weighted by Gasteiger charge is 2.50. The number of alkyl carbamates (subject to hydrolysis) is 1. The van der Waals surface area contributed by atoms with Gasteiger partial charge in [0.05, 0.1) is 12.0 Å². The molecule has 2 N–H and O–H groups in total. The van der Waals surface area contributed by atoms with E-state index in [2.05, 4.69) is 15.4 Å². The fourth-order valence-corrected chi connectivity index (χ4v) is 4.90. The number of halogens is 3. The zero-order valence-electron chi connectivity index (χ0n) is 19.9. The predicted molar refractivity (Wildman–Crippen MR) is 116 cm³/mol. The number of hydrogen-bond acceptors (Lipinski definition) is 5. The van der Waals surface area contributed by atoms with Gasteiger partial charge in [-0.1, -0.05) is 13.8 Å². The molecule has 1 aliphatic carbocycles. The largest absolute Gasteiger partial charge is 0.572 e. The molecule has 2 heterocycles. The van der Waals surface area contributed by atoms with Gasteiger partial charge in [-0.05, 0) is 57.6 Å². The average molecular weight is 474 g/mol. The Balaban J connectivity index is 1.70. The van der Waals surface area contributed by atoms with Crippen molar-refractivity contribution >= 4 is 12.0 Å². The van der Waals surface area contributed by atoms with E-state index in [1.54, 1.807) is 25.7 Å². The molecule has 3 aliphatic rings. The van der Waals surface area contributed by atoms with E-state index >= 15 is 0 Å². The first kappa shape index (κ1) is 25.2. The summed E-state index contributed by atoms with van der Waals surface area (Å²) in [7, 11) is 0. The number of nitrogens with zero attached hydrogens (tertiary/aromatic N) is 1. The fourth-order valence-electron chi connectivity index (χ4n) is 4.90. The molecule has 0 saturated heterocycles. The van der Waals surface area contributed by atoms with Crippen LogP contribution in [0.1, 0.15) is 60.3 Å². The molecule has 7 nitrogen and oxygen atoms in total. The highest BCUT2D eigenvalue weighted by atomic mass is 19.4. The Morgan fingerprint density at radius 2 is 1.97 bits per heavy atom. The van der Waals surface area contributed by atoms with Gasteiger partial charge in [-0.25, -0.2) is 4.79 Å². The van der Waals surface area contributed by atoms with Gasteiger partial charge in [-0.15, -0.1) is 13.2 Å². The number of dihydropyridines is 1. The maximum Gasteiger partial charge on any atom is 0.572 e. The van der Waals surface area contributed by atoms with Crippen LogP contribution in [0.2, 0.25) is 0 Å². The summed E-state index contributed by atoms with van der Waals surface area (Å²) in [4.78, 5) is 27.7. The first-order valence-electron chi connectivity index (χ1n) is 11.4. The second-order valence-electron chi connectivity index (χ2n) is 10.4. The lowest BCUT2D eigenvalue weighted by atomic mass is 9.74. The van der Waals surface area contributed by atoms with Crippen LogP contribution in [0, 0.1) is 11.3 Å². The third-order valence-electron chi connectivity index (χ3n) is 6.53. The Morgan fingerprint density at radius 3 is 2.58 bits per heavy atom. The molecule has 2 aliphatic heterocycles. The molecule has 0 radical (unpaired) electrons. The van der Waals surface area contributed by atoms with Crippen molar-refractivity contribution in [2.24, 2.45) is 11.3 Å². The van der Waals surface area contributed by atoms with Crippen molar-refractivity contribution < 1.29 is 32.2 Å². The van der Waals surface area contributed by atoms with Crippen LogP contribution < -0.4 is 10.6 Å². The molecule has 0 aromatic heterocycles. The maximum absolute atomic E-state index is 13.7. The summed E-state index contributed by atoms with van der Waals surface area (Å²) in [5.74, 6) is -0.193. The number of carbonyl (C=O) groups is 2. The molecule has 33 heavy (non-hydrogen) atoms. The summed E-state index contributed by atoms with van der Waals surface area (Å²) >= 11 is 0. The van der Waals surface area contributed by atoms with Crippen LogP contribution in [0.3, 0.4) is 0 Å². The van der Waals surface area contributed by atoms with E-state index in [4.69, 9.17) is 4.74 Å². The molecule has 1 saturated carbocycles. The first-order chi connectivity index (χ1) is 15.2. The molecule has 10 heteroatoms. The Hall–Kier alpha value is -2.39. The van der Waals surface area contributed by atoms with E-state index in [1.165, 1.54) is 6.08 Å². The molecule has 0 aromatic rings. The highest BCUT2D eigenvalue weighted by Crippen LogP contribution is 2.46. The smallest absolute Gasteiger partial charge is 0.444 e. The minimum Gasteiger partial charge on any atom is -0.444 e. The van der Waals surface area contributed by atoms with Gasteiger partial charge in [-0.3, -0.25) is 4.79 Å². The molecule has 0 aromatic carbocycles. The molecule has 186 valence electrons. The van der Waals surface area contributed by atoms with Gasteiger partial charge in [-0.2, -0.15) is 0 Å². The standard InChI is InChI=1S/C23H34F3N3O4/c1-14(2)22(8-6-16(11-22)28-20(31)33-21(3,4)5)19(30)29-9-7-18-15(13-29)10-17(12-27-18)32-23(24,25)26/h10,14,16,27H,6-9,11-13H2,1-5H3,(H,28,31)/t16-,22+/m1/s1. The van der Waals surface area contributed by atoms with Gasteiger partial charge < -0.3 is 25.0 Å². The monoisotopic (exact) mass is 473 g/mol. The van der Waals surface area contributed by atoms with Crippen molar-refractivity contribution in [2.45, 2.75) is 78.3 Å². The highest BCUT2D eigenvalue weighted by molar-refractivity contribution is 5.84. The predicted octanol–water partition coefficient (Wildman–Crippen LogP) is 4.22. The summed E-state index contributed by atoms with van der Waals surface area (Å²) < 4.78 is 47.3. The van der Waals surface area contributed by atoms with Crippen LogP contribution in [0.25, 0.3) is 0 Å². The lowest BCUT2D eigenvalue weighted by Gasteiger charge is -2.40. The van der Waals surface area contributed by atoms with Crippen molar-refractivity contribution in [3.63, 3.8) is 0 Å². The summed E-state index contributed by atoms with van der Waals surface area (Å²) in [6.07, 6.45) is -1.52. The lowest BCUT2D eigenvalue weighted by Crippen LogP contribution is -2.50. The van der Waals surface area contributed by atoms with Crippen LogP contribution >= 0.6 is 0 Å². The summed E-state index contributed by atoms with van der Waals surface area (Å²) in [6, 6.07) is -0.172. The number of nitrogens with one attached hydrogen (secondary N) is 2. The van der Waals surface area contributed by atoms with Crippen LogP contribution in [-0.2, 0) is 14.3 Å². The molecule has 1 fully saturated rings. The van der Waals surface area contributed by atoms with Crippen molar-refractivity contribution in [1.82, 2.24) is 15.5 Å². The van der Waals surface area contributed by atoms with E-state index < -0.39 is 23.5 Å². The second kappa shape index (κ2) is 9.10. The molecule has 0 unspecified atom stereocenters. The van der Waals surface area contributed by atoms with E-state index in [0.717, 1.165) is 5.70 Å². The van der Waals surface area contributed by atoms with Crippen LogP contribution in [0.5, 0.6) is 0 Å². The molecule has 0 spiro atoms. The van der Waals surface area contributed by atoms with E-state index in [1.807, 2.05) is 13.8 Å². The number of rotatable bonds is 4. The van der Waals surface area contributed by atoms with Gasteiger partial charge in [0.15, 0.2) is 0 Å². The van der Waals surface area contributed by atoms with Crippen molar-refractivity contribution in [3.05, 3.63) is 23.1 Å². The van der Waals surface area contributed by atoms with Crippen LogP contribution in [-0.4, -0.2) is 54.5 Å². The quantitative estimate of drug-likeness (QED) is 0.639. The number of ether oxygens (including phenoxy) is 2. The van der Waals surface area contributed by atoms with Gasteiger partial charge in [0.25, 0.3) is 0 Å². The van der Waals surface area contributed by atoms with Crippen LogP contribution in [0.4, 0.5) is 18.0 Å². The summed E-state index contributed by atoms with van der Waals surface area (Å²) in [6.45, 7) is 10.1. The van der Waals surface area contributed by atoms with Crippen molar-refractivity contribution in [1.29, 1.82) is 0 Å². The molecule has 3 rings (SSSR count). The Labute approximate surface area is 192 Å². The van der Waals surface area contributed by atoms with E-state index in [0.29, 0.717) is 37.8 Å². The minimum absolute atomic E-state index is 0.0187.